The number of rotatable bonds is 1. The molecule has 0 bridgehead atoms. The highest BCUT2D eigenvalue weighted by molar-refractivity contribution is 5.04. The molecule has 15 heavy (non-hydrogen) atoms. The minimum absolute atomic E-state index is 0.123. The van der Waals surface area contributed by atoms with E-state index in [2.05, 4.69) is 0 Å². The average molecular weight is 233 g/mol. The highest BCUT2D eigenvalue weighted by atomic mass is 19.4. The lowest BCUT2D eigenvalue weighted by Crippen LogP contribution is -2.64. The summed E-state index contributed by atoms with van der Waals surface area (Å²) >= 11 is 0. The third-order valence-corrected chi connectivity index (χ3v) is 2.83. The predicted molar refractivity (Wildman–Crippen MR) is 42.4 cm³/mol. The molecule has 1 rings (SSSR count). The van der Waals surface area contributed by atoms with Gasteiger partial charge >= 0.3 is 12.1 Å². The molecule has 0 radical (unpaired) electrons. The molecule has 1 fully saturated rings. The van der Waals surface area contributed by atoms with Crippen LogP contribution in [0.3, 0.4) is 0 Å². The van der Waals surface area contributed by atoms with E-state index in [-0.39, 0.29) is 12.8 Å². The molecular formula is C8H12F5NO. The highest BCUT2D eigenvalue weighted by Gasteiger charge is 2.68. The van der Waals surface area contributed by atoms with Gasteiger partial charge in [0.05, 0.1) is 11.6 Å². The maximum Gasteiger partial charge on any atom is 0.455 e. The van der Waals surface area contributed by atoms with Crippen LogP contribution >= 0.6 is 0 Å². The Bertz CT molecular complexity index is 232. The molecular weight excluding hydrogens is 221 g/mol. The van der Waals surface area contributed by atoms with Crippen molar-refractivity contribution in [1.82, 2.24) is 0 Å². The number of hydrogen-bond acceptors (Lipinski definition) is 2. The number of nitrogens with two attached hydrogens (primary N) is 1. The van der Waals surface area contributed by atoms with Gasteiger partial charge in [0.25, 0.3) is 0 Å². The smallest absolute Gasteiger partial charge is 0.393 e. The molecule has 1 saturated carbocycles. The van der Waals surface area contributed by atoms with Crippen molar-refractivity contribution in [2.75, 3.05) is 0 Å². The van der Waals surface area contributed by atoms with Crippen LogP contribution in [0.25, 0.3) is 0 Å². The van der Waals surface area contributed by atoms with Crippen LogP contribution in [0.1, 0.15) is 25.7 Å². The second-order valence-corrected chi connectivity index (χ2v) is 3.96. The molecule has 0 heterocycles. The lowest BCUT2D eigenvalue weighted by molar-refractivity contribution is -0.311. The van der Waals surface area contributed by atoms with E-state index in [0.717, 1.165) is 0 Å². The molecule has 0 aromatic rings. The fourth-order valence-corrected chi connectivity index (χ4v) is 1.71. The minimum atomic E-state index is -5.63. The summed E-state index contributed by atoms with van der Waals surface area (Å²) in [5, 5.41) is 9.03. The summed E-state index contributed by atoms with van der Waals surface area (Å²) in [5.74, 6) is -4.90. The zero-order chi connectivity index (χ0) is 11.9. The van der Waals surface area contributed by atoms with Crippen LogP contribution in [-0.4, -0.2) is 28.8 Å². The van der Waals surface area contributed by atoms with Gasteiger partial charge < -0.3 is 10.8 Å². The Morgan fingerprint density at radius 1 is 1.07 bits per heavy atom. The Balaban J connectivity index is 2.86. The van der Waals surface area contributed by atoms with E-state index in [1.807, 2.05) is 0 Å². The Morgan fingerprint density at radius 3 is 1.80 bits per heavy atom. The molecule has 7 heteroatoms. The summed E-state index contributed by atoms with van der Waals surface area (Å²) in [7, 11) is 0. The topological polar surface area (TPSA) is 46.2 Å². The number of aliphatic hydroxyl groups excluding tert-OH is 1. The van der Waals surface area contributed by atoms with Crippen molar-refractivity contribution in [1.29, 1.82) is 0 Å². The Kier molecular flexibility index (Phi) is 2.99. The summed E-state index contributed by atoms with van der Waals surface area (Å²) < 4.78 is 62.2. The predicted octanol–water partition coefficient (Wildman–Crippen LogP) is 1.82. The summed E-state index contributed by atoms with van der Waals surface area (Å²) in [6.45, 7) is 0. The zero-order valence-corrected chi connectivity index (χ0v) is 7.82. The molecule has 1 aliphatic carbocycles. The molecule has 0 aromatic carbocycles. The van der Waals surface area contributed by atoms with Gasteiger partial charge in [0.15, 0.2) is 0 Å². The molecule has 0 saturated heterocycles. The Morgan fingerprint density at radius 2 is 1.47 bits per heavy atom. The van der Waals surface area contributed by atoms with Gasteiger partial charge in [-0.25, -0.2) is 0 Å². The molecule has 0 spiro atoms. The normalized spacial score (nSPS) is 34.2. The quantitative estimate of drug-likeness (QED) is 0.678. The second kappa shape index (κ2) is 3.55. The molecule has 0 unspecified atom stereocenters. The number of halogens is 5. The van der Waals surface area contributed by atoms with Crippen molar-refractivity contribution >= 4 is 0 Å². The van der Waals surface area contributed by atoms with Crippen molar-refractivity contribution in [3.63, 3.8) is 0 Å². The summed E-state index contributed by atoms with van der Waals surface area (Å²) in [5.41, 5.74) is 2.53. The van der Waals surface area contributed by atoms with E-state index >= 15 is 0 Å². The third-order valence-electron chi connectivity index (χ3n) is 2.83. The van der Waals surface area contributed by atoms with E-state index in [1.54, 1.807) is 0 Å². The van der Waals surface area contributed by atoms with E-state index < -0.39 is 36.6 Å². The van der Waals surface area contributed by atoms with Crippen LogP contribution in [0, 0.1) is 0 Å². The Labute approximate surface area is 83.2 Å². The summed E-state index contributed by atoms with van der Waals surface area (Å²) in [4.78, 5) is 0. The lowest BCUT2D eigenvalue weighted by Gasteiger charge is -2.41. The third kappa shape index (κ3) is 2.08. The first-order valence-corrected chi connectivity index (χ1v) is 4.52. The minimum Gasteiger partial charge on any atom is -0.393 e. The van der Waals surface area contributed by atoms with Crippen molar-refractivity contribution < 1.29 is 27.1 Å². The lowest BCUT2D eigenvalue weighted by atomic mass is 9.76. The maximum atomic E-state index is 13.0. The molecule has 90 valence electrons. The monoisotopic (exact) mass is 233 g/mol. The van der Waals surface area contributed by atoms with E-state index in [0.29, 0.717) is 0 Å². The van der Waals surface area contributed by atoms with Crippen LogP contribution < -0.4 is 5.73 Å². The van der Waals surface area contributed by atoms with Crippen LogP contribution in [-0.2, 0) is 0 Å². The molecule has 0 aromatic heterocycles. The largest absolute Gasteiger partial charge is 0.455 e. The standard InChI is InChI=1S/C8H12F5NO/c9-7(10,8(11,12)13)6(14)3-1-5(15)2-4-6/h5,15H,1-4,14H2. The number of hydrogen-bond donors (Lipinski definition) is 2. The molecule has 1 aliphatic rings. The molecule has 0 amide bonds. The summed E-state index contributed by atoms with van der Waals surface area (Å²) in [6, 6.07) is 0. The van der Waals surface area contributed by atoms with Gasteiger partial charge in [-0.15, -0.1) is 0 Å². The average Bonchev–Trinajstić information content (AvgIpc) is 2.08. The molecule has 2 nitrogen and oxygen atoms in total. The van der Waals surface area contributed by atoms with Crippen LogP contribution in [0.2, 0.25) is 0 Å². The van der Waals surface area contributed by atoms with Crippen LogP contribution in [0.4, 0.5) is 22.0 Å². The van der Waals surface area contributed by atoms with Gasteiger partial charge in [0.1, 0.15) is 0 Å². The van der Waals surface area contributed by atoms with Gasteiger partial charge in [-0.05, 0) is 25.7 Å². The first-order chi connectivity index (χ1) is 6.60. The fraction of sp³-hybridized carbons (Fsp3) is 1.00. The van der Waals surface area contributed by atoms with Gasteiger partial charge in [0, 0.05) is 0 Å². The first-order valence-electron chi connectivity index (χ1n) is 4.52. The number of alkyl halides is 5. The van der Waals surface area contributed by atoms with Crippen molar-refractivity contribution in [3.05, 3.63) is 0 Å². The fourth-order valence-electron chi connectivity index (χ4n) is 1.71. The zero-order valence-electron chi connectivity index (χ0n) is 7.82. The maximum absolute atomic E-state index is 13.0. The van der Waals surface area contributed by atoms with Gasteiger partial charge in [-0.1, -0.05) is 0 Å². The van der Waals surface area contributed by atoms with Gasteiger partial charge in [-0.3, -0.25) is 0 Å². The second-order valence-electron chi connectivity index (χ2n) is 3.96. The molecule has 3 N–H and O–H groups in total. The number of aliphatic hydroxyl groups is 1. The first kappa shape index (κ1) is 12.6. The van der Waals surface area contributed by atoms with Crippen molar-refractivity contribution in [2.24, 2.45) is 5.73 Å². The SMILES string of the molecule is NC1(C(F)(F)C(F)(F)F)CCC(O)CC1. The summed E-state index contributed by atoms with van der Waals surface area (Å²) in [6.07, 6.45) is -7.76. The van der Waals surface area contributed by atoms with E-state index in [1.165, 1.54) is 0 Å². The van der Waals surface area contributed by atoms with Crippen molar-refractivity contribution in [3.8, 4) is 0 Å². The van der Waals surface area contributed by atoms with Gasteiger partial charge in [0.2, 0.25) is 0 Å². The molecule has 0 aliphatic heterocycles. The van der Waals surface area contributed by atoms with Gasteiger partial charge in [-0.2, -0.15) is 22.0 Å². The van der Waals surface area contributed by atoms with E-state index in [9.17, 15) is 22.0 Å². The Hall–Kier alpha value is -0.430. The highest BCUT2D eigenvalue weighted by Crippen LogP contribution is 2.47. The van der Waals surface area contributed by atoms with E-state index in [4.69, 9.17) is 10.8 Å². The van der Waals surface area contributed by atoms with Crippen molar-refractivity contribution in [2.45, 2.75) is 49.4 Å². The molecule has 0 atom stereocenters. The van der Waals surface area contributed by atoms with Crippen LogP contribution in [0.5, 0.6) is 0 Å². The van der Waals surface area contributed by atoms with Crippen LogP contribution in [0.15, 0.2) is 0 Å².